The first kappa shape index (κ1) is 10.8. The average Bonchev–Trinajstić information content (AvgIpc) is 2.82. The van der Waals surface area contributed by atoms with E-state index < -0.39 is 5.97 Å². The Labute approximate surface area is 105 Å². The molecule has 0 amide bonds. The Morgan fingerprint density at radius 1 is 1.33 bits per heavy atom. The van der Waals surface area contributed by atoms with Gasteiger partial charge < -0.3 is 5.11 Å². The van der Waals surface area contributed by atoms with Gasteiger partial charge in [0.15, 0.2) is 0 Å². The summed E-state index contributed by atoms with van der Waals surface area (Å²) in [6.45, 7) is 0.843. The topological polar surface area (TPSA) is 56.1 Å². The molecule has 0 saturated carbocycles. The lowest BCUT2D eigenvalue weighted by Crippen LogP contribution is -2.39. The summed E-state index contributed by atoms with van der Waals surface area (Å²) in [5.41, 5.74) is 1.23. The van der Waals surface area contributed by atoms with Gasteiger partial charge in [0.1, 0.15) is 11.9 Å². The molecule has 0 aromatic heterocycles. The van der Waals surface area contributed by atoms with Crippen molar-refractivity contribution in [2.75, 3.05) is 11.6 Å². The first-order valence-electron chi connectivity index (χ1n) is 5.86. The third kappa shape index (κ3) is 1.73. The molecule has 3 rings (SSSR count). The molecule has 2 heterocycles. The van der Waals surface area contributed by atoms with E-state index in [2.05, 4.69) is 10.0 Å². The van der Waals surface area contributed by atoms with Crippen LogP contribution in [0.2, 0.25) is 0 Å². The van der Waals surface area contributed by atoms with Crippen molar-refractivity contribution in [2.24, 2.45) is 4.99 Å². The van der Waals surface area contributed by atoms with E-state index in [1.54, 1.807) is 12.3 Å². The summed E-state index contributed by atoms with van der Waals surface area (Å²) in [7, 11) is 0. The van der Waals surface area contributed by atoms with E-state index >= 15 is 0 Å². The predicted octanol–water partition coefficient (Wildman–Crippen LogP) is 1.49. The van der Waals surface area contributed by atoms with Crippen molar-refractivity contribution in [2.45, 2.75) is 12.6 Å². The molecule has 2 aliphatic heterocycles. The maximum atomic E-state index is 10.9. The van der Waals surface area contributed by atoms with Crippen molar-refractivity contribution in [1.29, 1.82) is 0 Å². The van der Waals surface area contributed by atoms with Gasteiger partial charge in [0.05, 0.1) is 5.69 Å². The molecule has 1 aromatic carbocycles. The number of fused-ring (bicyclic) bond motifs is 1. The number of para-hydroxylation sites is 1. The molecule has 1 atom stereocenters. The van der Waals surface area contributed by atoms with Gasteiger partial charge in [-0.3, -0.25) is 15.0 Å². The molecule has 1 unspecified atom stereocenters. The van der Waals surface area contributed by atoms with E-state index in [4.69, 9.17) is 5.11 Å². The van der Waals surface area contributed by atoms with Crippen LogP contribution in [0.15, 0.2) is 47.6 Å². The van der Waals surface area contributed by atoms with Crippen molar-refractivity contribution in [3.05, 3.63) is 42.6 Å². The van der Waals surface area contributed by atoms with Crippen LogP contribution in [0.5, 0.6) is 0 Å². The normalized spacial score (nSPS) is 21.8. The molecule has 1 fully saturated rings. The van der Waals surface area contributed by atoms with Gasteiger partial charge in [-0.05, 0) is 18.2 Å². The molecular formula is C13H13N3O2. The number of rotatable bonds is 2. The third-order valence-electron chi connectivity index (χ3n) is 3.13. The highest BCUT2D eigenvalue weighted by Gasteiger charge is 2.32. The third-order valence-corrected chi connectivity index (χ3v) is 3.13. The van der Waals surface area contributed by atoms with Crippen LogP contribution in [0.4, 0.5) is 5.69 Å². The zero-order valence-electron chi connectivity index (χ0n) is 9.73. The second-order valence-electron chi connectivity index (χ2n) is 4.24. The fraction of sp³-hybridized carbons (Fsp3) is 0.231. The number of carboxylic acids is 1. The minimum atomic E-state index is -0.968. The van der Waals surface area contributed by atoms with Crippen LogP contribution in [-0.2, 0) is 4.79 Å². The van der Waals surface area contributed by atoms with E-state index in [9.17, 15) is 4.79 Å². The summed E-state index contributed by atoms with van der Waals surface area (Å²) < 4.78 is 0. The maximum Gasteiger partial charge on any atom is 0.354 e. The number of aliphatic imine (C=N–C) groups is 1. The van der Waals surface area contributed by atoms with Crippen LogP contribution in [0.3, 0.4) is 0 Å². The van der Waals surface area contributed by atoms with Gasteiger partial charge in [-0.25, -0.2) is 4.79 Å². The standard InChI is InChI=1S/C13H13N3O2/c17-13(18)11-6-8-16-12(14-11)7-9-15(16)10-4-2-1-3-5-10/h1-6,8,12H,7,9H2,(H,17,18). The molecular weight excluding hydrogens is 230 g/mol. The van der Waals surface area contributed by atoms with Gasteiger partial charge in [0.25, 0.3) is 0 Å². The molecule has 5 nitrogen and oxygen atoms in total. The summed E-state index contributed by atoms with van der Waals surface area (Å²) in [5, 5.41) is 13.0. The van der Waals surface area contributed by atoms with Crippen LogP contribution in [0.25, 0.3) is 0 Å². The predicted molar refractivity (Wildman–Crippen MR) is 68.2 cm³/mol. The van der Waals surface area contributed by atoms with E-state index in [1.807, 2.05) is 35.3 Å². The van der Waals surface area contributed by atoms with Crippen molar-refractivity contribution in [3.63, 3.8) is 0 Å². The van der Waals surface area contributed by atoms with Crippen LogP contribution < -0.4 is 5.01 Å². The van der Waals surface area contributed by atoms with Crippen molar-refractivity contribution in [1.82, 2.24) is 5.01 Å². The summed E-state index contributed by atoms with van der Waals surface area (Å²) in [6, 6.07) is 10.0. The zero-order valence-corrected chi connectivity index (χ0v) is 9.73. The van der Waals surface area contributed by atoms with Crippen LogP contribution in [0.1, 0.15) is 6.42 Å². The Kier molecular flexibility index (Phi) is 2.51. The van der Waals surface area contributed by atoms with Gasteiger partial charge in [-0.2, -0.15) is 0 Å². The van der Waals surface area contributed by atoms with Crippen LogP contribution in [-0.4, -0.2) is 34.5 Å². The van der Waals surface area contributed by atoms with Gasteiger partial charge in [0, 0.05) is 19.2 Å². The van der Waals surface area contributed by atoms with Crippen molar-refractivity contribution in [3.8, 4) is 0 Å². The SMILES string of the molecule is O=C(O)C1=NC2CCN(c3ccccc3)N2C=C1. The monoisotopic (exact) mass is 243 g/mol. The number of nitrogens with zero attached hydrogens (tertiary/aromatic N) is 3. The number of anilines is 1. The van der Waals surface area contributed by atoms with Gasteiger partial charge in [-0.1, -0.05) is 18.2 Å². The zero-order chi connectivity index (χ0) is 12.5. The van der Waals surface area contributed by atoms with Crippen molar-refractivity contribution < 1.29 is 9.90 Å². The number of carboxylic acid groups (broad SMARTS) is 1. The van der Waals surface area contributed by atoms with Gasteiger partial charge in [-0.15, -0.1) is 0 Å². The average molecular weight is 243 g/mol. The molecule has 2 aliphatic rings. The number of carbonyl (C=O) groups is 1. The molecule has 18 heavy (non-hydrogen) atoms. The lowest BCUT2D eigenvalue weighted by atomic mass is 10.3. The summed E-state index contributed by atoms with van der Waals surface area (Å²) in [6.07, 6.45) is 4.07. The number of aliphatic carboxylic acids is 1. The number of hydrazine groups is 1. The fourth-order valence-corrected chi connectivity index (χ4v) is 2.29. The molecule has 92 valence electrons. The second-order valence-corrected chi connectivity index (χ2v) is 4.24. The molecule has 0 radical (unpaired) electrons. The number of hydrogen-bond acceptors (Lipinski definition) is 4. The molecule has 1 N–H and O–H groups in total. The minimum Gasteiger partial charge on any atom is -0.477 e. The van der Waals surface area contributed by atoms with E-state index in [0.717, 1.165) is 18.7 Å². The largest absolute Gasteiger partial charge is 0.477 e. The highest BCUT2D eigenvalue weighted by Crippen LogP contribution is 2.28. The van der Waals surface area contributed by atoms with E-state index in [0.29, 0.717) is 0 Å². The Morgan fingerprint density at radius 2 is 2.11 bits per heavy atom. The van der Waals surface area contributed by atoms with Crippen molar-refractivity contribution >= 4 is 17.4 Å². The minimum absolute atomic E-state index is 0.0960. The maximum absolute atomic E-state index is 10.9. The molecule has 0 aliphatic carbocycles. The Bertz CT molecular complexity index is 524. The smallest absolute Gasteiger partial charge is 0.354 e. The molecule has 5 heteroatoms. The van der Waals surface area contributed by atoms with Crippen LogP contribution in [0, 0.1) is 0 Å². The Hall–Kier alpha value is -2.30. The lowest BCUT2D eigenvalue weighted by molar-refractivity contribution is -0.129. The van der Waals surface area contributed by atoms with Gasteiger partial charge >= 0.3 is 5.97 Å². The Morgan fingerprint density at radius 3 is 2.83 bits per heavy atom. The van der Waals surface area contributed by atoms with Crippen LogP contribution >= 0.6 is 0 Å². The quantitative estimate of drug-likeness (QED) is 0.855. The highest BCUT2D eigenvalue weighted by atomic mass is 16.4. The molecule has 0 spiro atoms. The van der Waals surface area contributed by atoms with Gasteiger partial charge in [0.2, 0.25) is 0 Å². The number of benzene rings is 1. The Balaban J connectivity index is 1.85. The van der Waals surface area contributed by atoms with E-state index in [-0.39, 0.29) is 11.9 Å². The first-order chi connectivity index (χ1) is 8.75. The summed E-state index contributed by atoms with van der Waals surface area (Å²) >= 11 is 0. The van der Waals surface area contributed by atoms with E-state index in [1.165, 1.54) is 0 Å². The fourth-order valence-electron chi connectivity index (χ4n) is 2.29. The summed E-state index contributed by atoms with van der Waals surface area (Å²) in [4.78, 5) is 15.1. The lowest BCUT2D eigenvalue weighted by Gasteiger charge is -2.32. The molecule has 1 aromatic rings. The number of hydrogen-bond donors (Lipinski definition) is 1. The molecule has 1 saturated heterocycles. The highest BCUT2D eigenvalue weighted by molar-refractivity contribution is 6.40. The second kappa shape index (κ2) is 4.18. The summed E-state index contributed by atoms with van der Waals surface area (Å²) in [5.74, 6) is -0.968. The molecule has 0 bridgehead atoms. The first-order valence-corrected chi connectivity index (χ1v) is 5.86.